The van der Waals surface area contributed by atoms with Crippen molar-refractivity contribution in [3.05, 3.63) is 34.3 Å². The second-order valence-electron chi connectivity index (χ2n) is 6.64. The average Bonchev–Trinajstić information content (AvgIpc) is 3.14. The lowest BCUT2D eigenvalue weighted by Gasteiger charge is -2.33. The molecule has 0 radical (unpaired) electrons. The van der Waals surface area contributed by atoms with E-state index in [4.69, 9.17) is 16.3 Å². The molecule has 1 aliphatic rings. The van der Waals surface area contributed by atoms with Crippen LogP contribution >= 0.6 is 22.9 Å². The maximum atomic E-state index is 12.4. The number of halogens is 1. The molecular formula is C19H22ClN5O4S. The van der Waals surface area contributed by atoms with E-state index in [1.54, 1.807) is 33.4 Å². The van der Waals surface area contributed by atoms with Gasteiger partial charge in [0.25, 0.3) is 0 Å². The molecular weight excluding hydrogens is 430 g/mol. The summed E-state index contributed by atoms with van der Waals surface area (Å²) in [5.41, 5.74) is 1.10. The van der Waals surface area contributed by atoms with Crippen LogP contribution in [0.15, 0.2) is 23.6 Å². The fourth-order valence-electron chi connectivity index (χ4n) is 2.95. The number of methoxy groups -OCH3 is 1. The minimum atomic E-state index is -0.267. The minimum Gasteiger partial charge on any atom is -0.495 e. The molecule has 0 bridgehead atoms. The Morgan fingerprint density at radius 3 is 2.50 bits per heavy atom. The highest BCUT2D eigenvalue weighted by molar-refractivity contribution is 7.13. The molecule has 0 aliphatic carbocycles. The molecule has 0 spiro atoms. The van der Waals surface area contributed by atoms with E-state index in [0.29, 0.717) is 53.5 Å². The third-order valence-corrected chi connectivity index (χ3v) is 5.66. The quantitative estimate of drug-likeness (QED) is 0.727. The number of ether oxygens (including phenoxy) is 1. The average molecular weight is 452 g/mol. The van der Waals surface area contributed by atoms with Crippen LogP contribution in [0, 0.1) is 0 Å². The summed E-state index contributed by atoms with van der Waals surface area (Å²) in [6, 6.07) is 4.71. The van der Waals surface area contributed by atoms with Crippen LogP contribution in [-0.4, -0.2) is 65.9 Å². The summed E-state index contributed by atoms with van der Waals surface area (Å²) >= 11 is 7.31. The molecule has 9 nitrogen and oxygen atoms in total. The molecule has 4 amide bonds. The number of aromatic nitrogens is 1. The van der Waals surface area contributed by atoms with E-state index in [2.05, 4.69) is 15.6 Å². The van der Waals surface area contributed by atoms with Gasteiger partial charge in [0.1, 0.15) is 5.75 Å². The van der Waals surface area contributed by atoms with Crippen molar-refractivity contribution in [3.8, 4) is 5.75 Å². The van der Waals surface area contributed by atoms with Crippen molar-refractivity contribution >= 4 is 51.6 Å². The molecule has 11 heteroatoms. The number of carbonyl (C=O) groups excluding carboxylic acids is 3. The Hall–Kier alpha value is -2.85. The number of hydrogen-bond donors (Lipinski definition) is 2. The summed E-state index contributed by atoms with van der Waals surface area (Å²) in [5, 5.41) is 8.05. The number of urea groups is 1. The third kappa shape index (κ3) is 5.61. The molecule has 3 rings (SSSR count). The monoisotopic (exact) mass is 451 g/mol. The third-order valence-electron chi connectivity index (χ3n) is 4.56. The number of anilines is 2. The number of rotatable bonds is 5. The lowest BCUT2D eigenvalue weighted by atomic mass is 10.2. The van der Waals surface area contributed by atoms with E-state index < -0.39 is 0 Å². The van der Waals surface area contributed by atoms with Crippen molar-refractivity contribution in [1.29, 1.82) is 0 Å². The molecule has 1 aliphatic heterocycles. The Morgan fingerprint density at radius 2 is 1.87 bits per heavy atom. The van der Waals surface area contributed by atoms with Gasteiger partial charge in [-0.2, -0.15) is 0 Å². The van der Waals surface area contributed by atoms with Gasteiger partial charge in [0.05, 0.1) is 24.2 Å². The van der Waals surface area contributed by atoms with Gasteiger partial charge in [0.2, 0.25) is 11.8 Å². The first kappa shape index (κ1) is 21.8. The van der Waals surface area contributed by atoms with Crippen molar-refractivity contribution in [3.63, 3.8) is 0 Å². The molecule has 1 saturated heterocycles. The Balaban J connectivity index is 1.50. The molecule has 2 N–H and O–H groups in total. The summed E-state index contributed by atoms with van der Waals surface area (Å²) in [7, 11) is 1.52. The second-order valence-corrected chi connectivity index (χ2v) is 7.91. The molecule has 0 saturated carbocycles. The van der Waals surface area contributed by atoms with E-state index in [9.17, 15) is 14.4 Å². The molecule has 2 heterocycles. The van der Waals surface area contributed by atoms with Crippen molar-refractivity contribution in [2.45, 2.75) is 13.3 Å². The summed E-state index contributed by atoms with van der Waals surface area (Å²) in [4.78, 5) is 43.7. The zero-order chi connectivity index (χ0) is 21.7. The molecule has 30 heavy (non-hydrogen) atoms. The van der Waals surface area contributed by atoms with Crippen molar-refractivity contribution in [2.75, 3.05) is 43.9 Å². The maximum Gasteiger partial charge on any atom is 0.323 e. The Bertz CT molecular complexity index is 943. The molecule has 0 atom stereocenters. The standard InChI is InChI=1S/C19H22ClN5O4S/c1-12(26)24-5-7-25(8-6-24)19(28)23-18-22-14(11-30-18)10-17(27)21-13-3-4-16(29-2)15(20)9-13/h3-4,9,11H,5-8,10H2,1-2H3,(H,21,27)(H,22,23,28). The summed E-state index contributed by atoms with van der Waals surface area (Å²) in [5.74, 6) is 0.284. The molecule has 160 valence electrons. The first-order chi connectivity index (χ1) is 14.4. The van der Waals surface area contributed by atoms with Gasteiger partial charge in [-0.05, 0) is 18.2 Å². The molecule has 0 unspecified atom stereocenters. The fourth-order valence-corrected chi connectivity index (χ4v) is 3.91. The van der Waals surface area contributed by atoms with E-state index in [0.717, 1.165) is 0 Å². The Kier molecular flexibility index (Phi) is 7.11. The smallest absolute Gasteiger partial charge is 0.323 e. The fraction of sp³-hybridized carbons (Fsp3) is 0.368. The number of piperazine rings is 1. The lowest BCUT2D eigenvalue weighted by Crippen LogP contribution is -2.51. The predicted molar refractivity (Wildman–Crippen MR) is 115 cm³/mol. The van der Waals surface area contributed by atoms with Crippen LogP contribution in [0.5, 0.6) is 5.75 Å². The zero-order valence-electron chi connectivity index (χ0n) is 16.6. The molecule has 1 aromatic carbocycles. The van der Waals surface area contributed by atoms with E-state index in [-0.39, 0.29) is 24.3 Å². The number of amides is 4. The SMILES string of the molecule is COc1ccc(NC(=O)Cc2csc(NC(=O)N3CCN(C(C)=O)CC3)n2)cc1Cl. The van der Waals surface area contributed by atoms with Gasteiger partial charge in [0.15, 0.2) is 5.13 Å². The number of thiazole rings is 1. The number of hydrogen-bond acceptors (Lipinski definition) is 6. The highest BCUT2D eigenvalue weighted by Crippen LogP contribution is 2.27. The zero-order valence-corrected chi connectivity index (χ0v) is 18.2. The van der Waals surface area contributed by atoms with Crippen LogP contribution < -0.4 is 15.4 Å². The minimum absolute atomic E-state index is 0.00908. The van der Waals surface area contributed by atoms with Crippen LogP contribution in [0.1, 0.15) is 12.6 Å². The largest absolute Gasteiger partial charge is 0.495 e. The summed E-state index contributed by atoms with van der Waals surface area (Å²) in [6.07, 6.45) is 0.0628. The van der Waals surface area contributed by atoms with Crippen LogP contribution in [-0.2, 0) is 16.0 Å². The number of nitrogens with one attached hydrogen (secondary N) is 2. The van der Waals surface area contributed by atoms with Gasteiger partial charge >= 0.3 is 6.03 Å². The maximum absolute atomic E-state index is 12.4. The summed E-state index contributed by atoms with van der Waals surface area (Å²) in [6.45, 7) is 3.49. The Labute approximate surface area is 183 Å². The highest BCUT2D eigenvalue weighted by atomic mass is 35.5. The second kappa shape index (κ2) is 9.77. The highest BCUT2D eigenvalue weighted by Gasteiger charge is 2.23. The van der Waals surface area contributed by atoms with E-state index >= 15 is 0 Å². The van der Waals surface area contributed by atoms with Crippen LogP contribution in [0.2, 0.25) is 5.02 Å². The molecule has 1 fully saturated rings. The van der Waals surface area contributed by atoms with Crippen molar-refractivity contribution < 1.29 is 19.1 Å². The van der Waals surface area contributed by atoms with Crippen LogP contribution in [0.3, 0.4) is 0 Å². The van der Waals surface area contributed by atoms with Gasteiger partial charge in [-0.3, -0.25) is 14.9 Å². The van der Waals surface area contributed by atoms with Gasteiger partial charge < -0.3 is 19.9 Å². The first-order valence-electron chi connectivity index (χ1n) is 9.25. The Morgan fingerprint density at radius 1 is 1.17 bits per heavy atom. The number of benzene rings is 1. The van der Waals surface area contributed by atoms with Crippen LogP contribution in [0.4, 0.5) is 15.6 Å². The van der Waals surface area contributed by atoms with Crippen molar-refractivity contribution in [1.82, 2.24) is 14.8 Å². The normalized spacial score (nSPS) is 13.7. The summed E-state index contributed by atoms with van der Waals surface area (Å²) < 4.78 is 5.09. The van der Waals surface area contributed by atoms with Crippen molar-refractivity contribution in [2.24, 2.45) is 0 Å². The van der Waals surface area contributed by atoms with Gasteiger partial charge in [0, 0.05) is 44.2 Å². The topological polar surface area (TPSA) is 104 Å². The van der Waals surface area contributed by atoms with E-state index in [1.165, 1.54) is 25.4 Å². The predicted octanol–water partition coefficient (Wildman–Crippen LogP) is 2.68. The molecule has 2 aromatic rings. The first-order valence-corrected chi connectivity index (χ1v) is 10.5. The van der Waals surface area contributed by atoms with Gasteiger partial charge in [-0.15, -0.1) is 11.3 Å². The number of nitrogens with zero attached hydrogens (tertiary/aromatic N) is 3. The van der Waals surface area contributed by atoms with Gasteiger partial charge in [-0.25, -0.2) is 9.78 Å². The van der Waals surface area contributed by atoms with E-state index in [1.807, 2.05) is 0 Å². The van der Waals surface area contributed by atoms with Gasteiger partial charge in [-0.1, -0.05) is 11.6 Å². The molecule has 1 aromatic heterocycles. The van der Waals surface area contributed by atoms with Crippen LogP contribution in [0.25, 0.3) is 0 Å². The lowest BCUT2D eigenvalue weighted by molar-refractivity contribution is -0.130. The number of carbonyl (C=O) groups is 3.